The second kappa shape index (κ2) is 3.25. The van der Waals surface area contributed by atoms with Gasteiger partial charge in [0.25, 0.3) is 0 Å². The summed E-state index contributed by atoms with van der Waals surface area (Å²) in [5.74, 6) is -0.799. The molecule has 15 heavy (non-hydrogen) atoms. The Hall–Kier alpha value is -1.52. The standard InChI is InChI=1S/C10H13NO4/c1-2-5-15-9(14)11-4-3-7-6-10(7,11)8(12)13/h2,7H,1,3-6H2,(H,12,13)/t7-,10+/m1/s1. The minimum absolute atomic E-state index is 0.117. The van der Waals surface area contributed by atoms with Gasteiger partial charge in [-0.2, -0.15) is 0 Å². The molecule has 2 aliphatic rings. The number of ether oxygens (including phenoxy) is 1. The Morgan fingerprint density at radius 2 is 2.40 bits per heavy atom. The number of carbonyl (C=O) groups is 2. The molecule has 5 heteroatoms. The van der Waals surface area contributed by atoms with Gasteiger partial charge in [-0.25, -0.2) is 9.59 Å². The Morgan fingerprint density at radius 3 is 2.93 bits per heavy atom. The van der Waals surface area contributed by atoms with E-state index in [2.05, 4.69) is 6.58 Å². The fourth-order valence-corrected chi connectivity index (χ4v) is 2.31. The van der Waals surface area contributed by atoms with Crippen LogP contribution >= 0.6 is 0 Å². The summed E-state index contributed by atoms with van der Waals surface area (Å²) in [6.07, 6.45) is 2.24. The van der Waals surface area contributed by atoms with E-state index in [-0.39, 0.29) is 12.5 Å². The summed E-state index contributed by atoms with van der Waals surface area (Å²) >= 11 is 0. The first kappa shape index (κ1) is 10.0. The topological polar surface area (TPSA) is 66.8 Å². The summed E-state index contributed by atoms with van der Waals surface area (Å²) in [7, 11) is 0. The smallest absolute Gasteiger partial charge is 0.411 e. The van der Waals surface area contributed by atoms with Gasteiger partial charge < -0.3 is 9.84 Å². The Kier molecular flexibility index (Phi) is 2.17. The van der Waals surface area contributed by atoms with Crippen LogP contribution in [0.4, 0.5) is 4.79 Å². The fourth-order valence-electron chi connectivity index (χ4n) is 2.31. The van der Waals surface area contributed by atoms with E-state index in [0.717, 1.165) is 6.42 Å². The number of hydrogen-bond donors (Lipinski definition) is 1. The molecule has 1 aliphatic carbocycles. The molecule has 0 unspecified atom stereocenters. The first-order chi connectivity index (χ1) is 7.13. The van der Waals surface area contributed by atoms with Crippen LogP contribution in [0.3, 0.4) is 0 Å². The molecule has 0 aromatic rings. The number of carboxylic acid groups (broad SMARTS) is 1. The number of piperidine rings is 1. The van der Waals surface area contributed by atoms with Crippen molar-refractivity contribution in [2.24, 2.45) is 5.92 Å². The first-order valence-corrected chi connectivity index (χ1v) is 4.91. The highest BCUT2D eigenvalue weighted by Gasteiger charge is 2.69. The Morgan fingerprint density at radius 1 is 1.67 bits per heavy atom. The molecule has 0 radical (unpaired) electrons. The summed E-state index contributed by atoms with van der Waals surface area (Å²) in [6.45, 7) is 4.03. The van der Waals surface area contributed by atoms with Crippen molar-refractivity contribution in [3.05, 3.63) is 12.7 Å². The highest BCUT2D eigenvalue weighted by Crippen LogP contribution is 2.55. The number of fused-ring (bicyclic) bond motifs is 1. The summed E-state index contributed by atoms with van der Waals surface area (Å²) in [6, 6.07) is 0. The quantitative estimate of drug-likeness (QED) is 0.703. The molecule has 2 rings (SSSR count). The lowest BCUT2D eigenvalue weighted by Gasteiger charge is -2.23. The maximum Gasteiger partial charge on any atom is 0.411 e. The van der Waals surface area contributed by atoms with Crippen LogP contribution in [-0.4, -0.2) is 40.8 Å². The maximum absolute atomic E-state index is 11.5. The van der Waals surface area contributed by atoms with Gasteiger partial charge in [0.05, 0.1) is 0 Å². The molecule has 0 aromatic carbocycles. The summed E-state index contributed by atoms with van der Waals surface area (Å²) < 4.78 is 4.85. The molecule has 1 N–H and O–H groups in total. The highest BCUT2D eigenvalue weighted by atomic mass is 16.6. The van der Waals surface area contributed by atoms with Crippen molar-refractivity contribution in [3.8, 4) is 0 Å². The van der Waals surface area contributed by atoms with Gasteiger partial charge >= 0.3 is 12.1 Å². The monoisotopic (exact) mass is 211 g/mol. The zero-order valence-electron chi connectivity index (χ0n) is 8.31. The van der Waals surface area contributed by atoms with Gasteiger partial charge in [-0.3, -0.25) is 4.90 Å². The lowest BCUT2D eigenvalue weighted by atomic mass is 10.2. The third-order valence-electron chi connectivity index (χ3n) is 3.17. The summed E-state index contributed by atoms with van der Waals surface area (Å²) in [5.41, 5.74) is -0.960. The van der Waals surface area contributed by atoms with Crippen LogP contribution in [0.2, 0.25) is 0 Å². The summed E-state index contributed by atoms with van der Waals surface area (Å²) in [4.78, 5) is 24.0. The Labute approximate surface area is 87.3 Å². The number of carboxylic acids is 1. The molecule has 5 nitrogen and oxygen atoms in total. The molecule has 1 amide bonds. The second-order valence-corrected chi connectivity index (χ2v) is 3.94. The van der Waals surface area contributed by atoms with Crippen LogP contribution in [0.15, 0.2) is 12.7 Å². The normalized spacial score (nSPS) is 32.0. The predicted octanol–water partition coefficient (Wildman–Crippen LogP) is 0.858. The summed E-state index contributed by atoms with van der Waals surface area (Å²) in [5, 5.41) is 9.09. The minimum Gasteiger partial charge on any atom is -0.479 e. The van der Waals surface area contributed by atoms with Crippen LogP contribution < -0.4 is 0 Å². The van der Waals surface area contributed by atoms with Crippen molar-refractivity contribution in [2.75, 3.05) is 13.2 Å². The number of rotatable bonds is 3. The van der Waals surface area contributed by atoms with E-state index >= 15 is 0 Å². The van der Waals surface area contributed by atoms with Crippen LogP contribution in [0.25, 0.3) is 0 Å². The Balaban J connectivity index is 2.06. The van der Waals surface area contributed by atoms with Gasteiger partial charge in [0, 0.05) is 6.54 Å². The van der Waals surface area contributed by atoms with Crippen molar-refractivity contribution in [3.63, 3.8) is 0 Å². The SMILES string of the molecule is C=CCOC(=O)N1CC[C@@H]2C[C@@]21C(=O)O. The van der Waals surface area contributed by atoms with Gasteiger partial charge in [-0.15, -0.1) is 0 Å². The third kappa shape index (κ3) is 1.30. The van der Waals surface area contributed by atoms with Gasteiger partial charge in [-0.05, 0) is 18.8 Å². The van der Waals surface area contributed by atoms with Crippen molar-refractivity contribution < 1.29 is 19.4 Å². The first-order valence-electron chi connectivity index (χ1n) is 4.91. The van der Waals surface area contributed by atoms with Crippen molar-refractivity contribution in [1.82, 2.24) is 4.90 Å². The van der Waals surface area contributed by atoms with E-state index in [4.69, 9.17) is 9.84 Å². The highest BCUT2D eigenvalue weighted by molar-refractivity contribution is 5.89. The average Bonchev–Trinajstić information content (AvgIpc) is 2.83. The molecule has 0 aromatic heterocycles. The molecule has 0 bridgehead atoms. The zero-order valence-corrected chi connectivity index (χ0v) is 8.31. The molecule has 82 valence electrons. The third-order valence-corrected chi connectivity index (χ3v) is 3.17. The van der Waals surface area contributed by atoms with Crippen molar-refractivity contribution in [1.29, 1.82) is 0 Å². The van der Waals surface area contributed by atoms with Crippen LogP contribution in [0.5, 0.6) is 0 Å². The lowest BCUT2D eigenvalue weighted by molar-refractivity contribution is -0.144. The number of likely N-dealkylation sites (tertiary alicyclic amines) is 1. The van der Waals surface area contributed by atoms with E-state index < -0.39 is 17.6 Å². The van der Waals surface area contributed by atoms with E-state index in [1.54, 1.807) is 0 Å². The second-order valence-electron chi connectivity index (χ2n) is 3.94. The van der Waals surface area contributed by atoms with E-state index in [1.165, 1.54) is 11.0 Å². The molecule has 1 heterocycles. The molecule has 1 aliphatic heterocycles. The van der Waals surface area contributed by atoms with E-state index in [1.807, 2.05) is 0 Å². The molecular formula is C10H13NO4. The number of nitrogens with zero attached hydrogens (tertiary/aromatic N) is 1. The van der Waals surface area contributed by atoms with Gasteiger partial charge in [-0.1, -0.05) is 12.7 Å². The average molecular weight is 211 g/mol. The maximum atomic E-state index is 11.5. The molecule has 2 fully saturated rings. The largest absolute Gasteiger partial charge is 0.479 e. The molecular weight excluding hydrogens is 198 g/mol. The number of amides is 1. The fraction of sp³-hybridized carbons (Fsp3) is 0.600. The molecule has 1 saturated heterocycles. The number of aliphatic carboxylic acids is 1. The van der Waals surface area contributed by atoms with Crippen molar-refractivity contribution in [2.45, 2.75) is 18.4 Å². The zero-order chi connectivity index (χ0) is 11.1. The Bertz CT molecular complexity index is 327. The van der Waals surface area contributed by atoms with E-state index in [0.29, 0.717) is 13.0 Å². The predicted molar refractivity (Wildman–Crippen MR) is 51.3 cm³/mol. The van der Waals surface area contributed by atoms with Crippen molar-refractivity contribution >= 4 is 12.1 Å². The molecule has 1 saturated carbocycles. The molecule has 0 spiro atoms. The van der Waals surface area contributed by atoms with E-state index in [9.17, 15) is 9.59 Å². The van der Waals surface area contributed by atoms with Crippen LogP contribution in [-0.2, 0) is 9.53 Å². The van der Waals surface area contributed by atoms with Gasteiger partial charge in [0.2, 0.25) is 0 Å². The van der Waals surface area contributed by atoms with Gasteiger partial charge in [0.15, 0.2) is 0 Å². The number of carbonyl (C=O) groups excluding carboxylic acids is 1. The molecule has 2 atom stereocenters. The minimum atomic E-state index is -0.960. The van der Waals surface area contributed by atoms with Gasteiger partial charge in [0.1, 0.15) is 12.1 Å². The number of hydrogen-bond acceptors (Lipinski definition) is 3. The lowest BCUT2D eigenvalue weighted by Crippen LogP contribution is -2.45. The van der Waals surface area contributed by atoms with Crippen LogP contribution in [0, 0.1) is 5.92 Å². The van der Waals surface area contributed by atoms with Crippen LogP contribution in [0.1, 0.15) is 12.8 Å².